The number of cyclic esters (lactones) is 2. The number of hydrogen-bond acceptors (Lipinski definition) is 8. The maximum absolute atomic E-state index is 12.9. The van der Waals surface area contributed by atoms with Gasteiger partial charge in [-0.3, -0.25) is 9.59 Å². The molecule has 1 aliphatic rings. The number of esters is 2. The number of ether oxygens (including phenoxy) is 2. The van der Waals surface area contributed by atoms with Gasteiger partial charge in [-0.05, 0) is 36.1 Å². The van der Waals surface area contributed by atoms with E-state index in [4.69, 9.17) is 32.7 Å². The molecular weight excluding hydrogens is 511 g/mol. The van der Waals surface area contributed by atoms with Gasteiger partial charge in [0.1, 0.15) is 24.6 Å². The Bertz CT molecular complexity index is 1100. The Labute approximate surface area is 218 Å². The molecule has 0 fully saturated rings. The number of rotatable bonds is 2. The molecule has 1 aliphatic heterocycles. The number of nitrogens with one attached hydrogen (secondary N) is 2. The Morgan fingerprint density at radius 2 is 1.03 bits per heavy atom. The van der Waals surface area contributed by atoms with Crippen molar-refractivity contribution in [1.82, 2.24) is 20.6 Å². The second-order valence-corrected chi connectivity index (χ2v) is 9.83. The number of halogens is 2. The third-order valence-electron chi connectivity index (χ3n) is 5.49. The molecule has 192 valence electrons. The summed E-state index contributed by atoms with van der Waals surface area (Å²) in [5.74, 6) is -3.14. The van der Waals surface area contributed by atoms with Crippen LogP contribution in [0.2, 0.25) is 10.0 Å². The minimum Gasteiger partial charge on any atom is -0.459 e. The van der Waals surface area contributed by atoms with Crippen LogP contribution in [0.1, 0.15) is 69.6 Å². The van der Waals surface area contributed by atoms with Gasteiger partial charge in [0.2, 0.25) is 0 Å². The van der Waals surface area contributed by atoms with Crippen molar-refractivity contribution >= 4 is 47.0 Å². The third-order valence-corrected chi connectivity index (χ3v) is 5.93. The molecule has 0 unspecified atom stereocenters. The Hall–Kier alpha value is -3.24. The smallest absolute Gasteiger partial charge is 0.357 e. The lowest BCUT2D eigenvalue weighted by Crippen LogP contribution is -2.44. The minimum atomic E-state index is -0.831. The second kappa shape index (κ2) is 11.7. The van der Waals surface area contributed by atoms with Gasteiger partial charge in [-0.25, -0.2) is 19.6 Å². The predicted octanol–water partition coefficient (Wildman–Crippen LogP) is 3.32. The molecule has 0 radical (unpaired) electrons. The first-order chi connectivity index (χ1) is 16.9. The molecule has 2 aromatic heterocycles. The quantitative estimate of drug-likeness (QED) is 0.557. The summed E-state index contributed by atoms with van der Waals surface area (Å²) in [5, 5.41) is 5.73. The van der Waals surface area contributed by atoms with Crippen LogP contribution in [0.25, 0.3) is 0 Å². The SMILES string of the molecule is CC(C)[C@H]1COC(=O)c2cc(Cl)cc(n2)C(=O)OC[C@H](C(C)C)NC(=O)c2cc(Cl)cc(n2)C(=O)N1. The van der Waals surface area contributed by atoms with Crippen molar-refractivity contribution in [3.63, 3.8) is 0 Å². The topological polar surface area (TPSA) is 137 Å². The summed E-state index contributed by atoms with van der Waals surface area (Å²) in [5.41, 5.74) is -0.558. The summed E-state index contributed by atoms with van der Waals surface area (Å²) >= 11 is 12.2. The van der Waals surface area contributed by atoms with Gasteiger partial charge < -0.3 is 20.1 Å². The van der Waals surface area contributed by atoms with Gasteiger partial charge >= 0.3 is 11.9 Å². The molecule has 0 saturated heterocycles. The predicted molar refractivity (Wildman–Crippen MR) is 131 cm³/mol. The van der Waals surface area contributed by atoms with Crippen molar-refractivity contribution in [3.05, 3.63) is 57.1 Å². The van der Waals surface area contributed by atoms with Crippen LogP contribution in [-0.2, 0) is 9.47 Å². The van der Waals surface area contributed by atoms with Crippen LogP contribution < -0.4 is 10.6 Å². The van der Waals surface area contributed by atoms with E-state index >= 15 is 0 Å². The molecule has 0 aliphatic carbocycles. The molecule has 3 heterocycles. The van der Waals surface area contributed by atoms with Crippen molar-refractivity contribution in [2.45, 2.75) is 39.8 Å². The van der Waals surface area contributed by atoms with Crippen LogP contribution in [0.15, 0.2) is 24.3 Å². The number of carbonyl (C=O) groups excluding carboxylic acids is 4. The highest BCUT2D eigenvalue weighted by Crippen LogP contribution is 2.17. The molecule has 0 aromatic carbocycles. The molecule has 2 N–H and O–H groups in total. The molecule has 2 amide bonds. The number of carbonyl (C=O) groups is 4. The van der Waals surface area contributed by atoms with E-state index in [0.717, 1.165) is 0 Å². The maximum atomic E-state index is 12.9. The van der Waals surface area contributed by atoms with Crippen molar-refractivity contribution in [2.24, 2.45) is 11.8 Å². The van der Waals surface area contributed by atoms with Gasteiger partial charge in [-0.15, -0.1) is 0 Å². The average molecular weight is 537 g/mol. The third kappa shape index (κ3) is 6.92. The Morgan fingerprint density at radius 3 is 1.39 bits per heavy atom. The summed E-state index contributed by atoms with van der Waals surface area (Å²) < 4.78 is 10.7. The summed E-state index contributed by atoms with van der Waals surface area (Å²) in [7, 11) is 0. The zero-order valence-corrected chi connectivity index (χ0v) is 21.6. The van der Waals surface area contributed by atoms with Crippen LogP contribution in [0.5, 0.6) is 0 Å². The number of nitrogens with zero attached hydrogens (tertiary/aromatic N) is 2. The fraction of sp³-hybridized carbons (Fsp3) is 0.417. The van der Waals surface area contributed by atoms with Gasteiger partial charge in [0.25, 0.3) is 11.8 Å². The van der Waals surface area contributed by atoms with E-state index in [-0.39, 0.29) is 57.9 Å². The lowest BCUT2D eigenvalue weighted by atomic mass is 10.0. The Morgan fingerprint density at radius 1 is 0.694 bits per heavy atom. The highest BCUT2D eigenvalue weighted by molar-refractivity contribution is 6.31. The summed E-state index contributed by atoms with van der Waals surface area (Å²) in [4.78, 5) is 59.4. The molecule has 12 heteroatoms. The average Bonchev–Trinajstić information content (AvgIpc) is 2.81. The first kappa shape index (κ1) is 27.3. The van der Waals surface area contributed by atoms with E-state index in [2.05, 4.69) is 20.6 Å². The molecule has 0 saturated carbocycles. The lowest BCUT2D eigenvalue weighted by molar-refractivity contribution is 0.0412. The molecular formula is C24H26Cl2N4O6. The van der Waals surface area contributed by atoms with E-state index < -0.39 is 35.8 Å². The van der Waals surface area contributed by atoms with Crippen molar-refractivity contribution < 1.29 is 28.7 Å². The summed E-state index contributed by atoms with van der Waals surface area (Å²) in [6.45, 7) is 6.92. The zero-order valence-electron chi connectivity index (χ0n) is 20.1. The largest absolute Gasteiger partial charge is 0.459 e. The summed E-state index contributed by atoms with van der Waals surface area (Å²) in [6.07, 6.45) is 0. The number of hydrogen-bond donors (Lipinski definition) is 2. The van der Waals surface area contributed by atoms with Crippen LogP contribution in [-0.4, -0.2) is 59.0 Å². The second-order valence-electron chi connectivity index (χ2n) is 8.96. The molecule has 3 rings (SSSR count). The first-order valence-corrected chi connectivity index (χ1v) is 12.0. The highest BCUT2D eigenvalue weighted by Gasteiger charge is 2.26. The lowest BCUT2D eigenvalue weighted by Gasteiger charge is -2.23. The molecule has 4 bridgehead atoms. The van der Waals surface area contributed by atoms with E-state index in [1.807, 2.05) is 27.7 Å². The standard InChI is InChI=1S/C24H26Cl2N4O6/c1-11(2)19-9-35-23(33)17-7-14(26)8-18(28-17)24(34)36-10-20(12(3)4)30-22(32)16-6-13(25)5-15(27-16)21(31)29-19/h5-8,11-12,19-20H,9-10H2,1-4H3,(H,29,31)(H,30,32)/t19-,20-/m1/s1. The fourth-order valence-corrected chi connectivity index (χ4v) is 3.61. The van der Waals surface area contributed by atoms with Crippen molar-refractivity contribution in [3.8, 4) is 0 Å². The number of amides is 2. The molecule has 0 spiro atoms. The number of pyridine rings is 2. The fourth-order valence-electron chi connectivity index (χ4n) is 3.20. The van der Waals surface area contributed by atoms with E-state index in [0.29, 0.717) is 0 Å². The first-order valence-electron chi connectivity index (χ1n) is 11.3. The van der Waals surface area contributed by atoms with Gasteiger partial charge in [0, 0.05) is 10.0 Å². The zero-order chi connectivity index (χ0) is 26.6. The molecule has 2 aromatic rings. The molecule has 36 heavy (non-hydrogen) atoms. The van der Waals surface area contributed by atoms with Crippen LogP contribution in [0, 0.1) is 11.8 Å². The maximum Gasteiger partial charge on any atom is 0.357 e. The summed E-state index contributed by atoms with van der Waals surface area (Å²) in [6, 6.07) is 3.97. The van der Waals surface area contributed by atoms with Crippen molar-refractivity contribution in [2.75, 3.05) is 13.2 Å². The van der Waals surface area contributed by atoms with Gasteiger partial charge in [-0.1, -0.05) is 50.9 Å². The van der Waals surface area contributed by atoms with E-state index in [9.17, 15) is 19.2 Å². The van der Waals surface area contributed by atoms with Gasteiger partial charge in [0.05, 0.1) is 12.1 Å². The van der Waals surface area contributed by atoms with Crippen LogP contribution >= 0.6 is 23.2 Å². The normalized spacial score (nSPS) is 19.7. The van der Waals surface area contributed by atoms with Gasteiger partial charge in [-0.2, -0.15) is 0 Å². The van der Waals surface area contributed by atoms with E-state index in [1.165, 1.54) is 24.3 Å². The monoisotopic (exact) mass is 536 g/mol. The highest BCUT2D eigenvalue weighted by atomic mass is 35.5. The molecule has 2 atom stereocenters. The van der Waals surface area contributed by atoms with Crippen molar-refractivity contribution in [1.29, 1.82) is 0 Å². The number of aromatic nitrogens is 2. The Balaban J connectivity index is 2.01. The Kier molecular flexibility index (Phi) is 8.86. The van der Waals surface area contributed by atoms with Crippen LogP contribution in [0.3, 0.4) is 0 Å². The van der Waals surface area contributed by atoms with Crippen LogP contribution in [0.4, 0.5) is 0 Å². The van der Waals surface area contributed by atoms with Gasteiger partial charge in [0.15, 0.2) is 11.4 Å². The number of fused-ring (bicyclic) bond motifs is 4. The minimum absolute atomic E-state index is 0.0839. The van der Waals surface area contributed by atoms with E-state index in [1.54, 1.807) is 0 Å². The molecule has 10 nitrogen and oxygen atoms in total.